The van der Waals surface area contributed by atoms with Crippen LogP contribution in [-0.4, -0.2) is 38.0 Å². The Labute approximate surface area is 182 Å². The lowest BCUT2D eigenvalue weighted by Gasteiger charge is -2.38. The van der Waals surface area contributed by atoms with E-state index in [0.29, 0.717) is 35.6 Å². The van der Waals surface area contributed by atoms with Gasteiger partial charge >= 0.3 is 11.9 Å². The van der Waals surface area contributed by atoms with Gasteiger partial charge in [-0.15, -0.1) is 0 Å². The first kappa shape index (κ1) is 22.6. The van der Waals surface area contributed by atoms with Crippen LogP contribution >= 0.6 is 0 Å². The number of dihydropyridines is 1. The molecule has 0 fully saturated rings. The summed E-state index contributed by atoms with van der Waals surface area (Å²) in [7, 11) is 1.28. The number of methoxy groups -OCH3 is 1. The molecule has 3 atom stereocenters. The molecule has 0 spiro atoms. The topological polar surface area (TPSA) is 90.9 Å². The molecule has 3 rings (SSSR count). The lowest BCUT2D eigenvalue weighted by molar-refractivity contribution is -0.151. The van der Waals surface area contributed by atoms with E-state index >= 15 is 0 Å². The standard InChI is InChI=1S/C24H29NO6/c1-6-30-16-10-8-9-15(12-16)20-19(24(28)31-7-2)14(4)25-17-11-13(3)18(23(27)29-5)22(26)21(17)20/h8-10,12-13,18,20,25H,6-7,11H2,1-5H3/t13-,18+,20-/m0/s1. The average Bonchev–Trinajstić information content (AvgIpc) is 2.73. The van der Waals surface area contributed by atoms with Crippen LogP contribution in [0.25, 0.3) is 0 Å². The summed E-state index contributed by atoms with van der Waals surface area (Å²) in [5.74, 6) is -2.54. The van der Waals surface area contributed by atoms with Crippen LogP contribution in [0.5, 0.6) is 5.75 Å². The van der Waals surface area contributed by atoms with Crippen LogP contribution in [0, 0.1) is 11.8 Å². The summed E-state index contributed by atoms with van der Waals surface area (Å²) >= 11 is 0. The summed E-state index contributed by atoms with van der Waals surface area (Å²) < 4.78 is 15.9. The molecule has 7 heteroatoms. The van der Waals surface area contributed by atoms with Gasteiger partial charge in [0.05, 0.1) is 25.9 Å². The molecule has 0 amide bonds. The second-order valence-electron chi connectivity index (χ2n) is 7.76. The zero-order chi connectivity index (χ0) is 22.7. The lowest BCUT2D eigenvalue weighted by atomic mass is 9.69. The van der Waals surface area contributed by atoms with Crippen molar-refractivity contribution in [2.75, 3.05) is 20.3 Å². The highest BCUT2D eigenvalue weighted by Crippen LogP contribution is 2.45. The SMILES string of the molecule is CCOC(=O)C1=C(C)NC2=C(C(=O)[C@H](C(=O)OC)[C@@H](C)C2)[C@H]1c1cccc(OCC)c1. The summed E-state index contributed by atoms with van der Waals surface area (Å²) in [4.78, 5) is 39.0. The second kappa shape index (κ2) is 9.37. The minimum absolute atomic E-state index is 0.211. The van der Waals surface area contributed by atoms with Crippen molar-refractivity contribution in [3.63, 3.8) is 0 Å². The molecule has 1 N–H and O–H groups in total. The maximum Gasteiger partial charge on any atom is 0.336 e. The largest absolute Gasteiger partial charge is 0.494 e. The van der Waals surface area contributed by atoms with Crippen LogP contribution < -0.4 is 10.1 Å². The predicted molar refractivity (Wildman–Crippen MR) is 114 cm³/mol. The molecule has 2 aliphatic rings. The molecule has 1 aliphatic carbocycles. The molecular weight excluding hydrogens is 398 g/mol. The Kier molecular flexibility index (Phi) is 6.83. The molecule has 1 aliphatic heterocycles. The van der Waals surface area contributed by atoms with Crippen molar-refractivity contribution >= 4 is 17.7 Å². The van der Waals surface area contributed by atoms with E-state index in [0.717, 1.165) is 11.3 Å². The molecule has 166 valence electrons. The van der Waals surface area contributed by atoms with Gasteiger partial charge < -0.3 is 19.5 Å². The number of rotatable bonds is 6. The third-order valence-corrected chi connectivity index (χ3v) is 5.74. The zero-order valence-corrected chi connectivity index (χ0v) is 18.6. The molecule has 1 aromatic carbocycles. The third kappa shape index (κ3) is 4.22. The number of benzene rings is 1. The molecule has 1 aromatic rings. The Morgan fingerprint density at radius 3 is 2.58 bits per heavy atom. The molecule has 0 aromatic heterocycles. The van der Waals surface area contributed by atoms with E-state index in [1.807, 2.05) is 38.1 Å². The van der Waals surface area contributed by atoms with Crippen molar-refractivity contribution in [3.8, 4) is 5.75 Å². The Morgan fingerprint density at radius 2 is 1.94 bits per heavy atom. The molecule has 1 heterocycles. The van der Waals surface area contributed by atoms with Gasteiger partial charge in [0, 0.05) is 22.9 Å². The van der Waals surface area contributed by atoms with Gasteiger partial charge in [-0.2, -0.15) is 0 Å². The molecule has 0 saturated heterocycles. The Morgan fingerprint density at radius 1 is 1.19 bits per heavy atom. The zero-order valence-electron chi connectivity index (χ0n) is 18.6. The summed E-state index contributed by atoms with van der Waals surface area (Å²) in [5.41, 5.74) is 2.88. The van der Waals surface area contributed by atoms with Crippen molar-refractivity contribution in [2.24, 2.45) is 11.8 Å². The molecule has 0 saturated carbocycles. The molecule has 31 heavy (non-hydrogen) atoms. The number of hydrogen-bond donors (Lipinski definition) is 1. The Bertz CT molecular complexity index is 961. The van der Waals surface area contributed by atoms with Crippen LogP contribution in [0.4, 0.5) is 0 Å². The van der Waals surface area contributed by atoms with Crippen LogP contribution in [-0.2, 0) is 23.9 Å². The van der Waals surface area contributed by atoms with Gasteiger partial charge in [-0.3, -0.25) is 9.59 Å². The van der Waals surface area contributed by atoms with E-state index in [2.05, 4.69) is 5.32 Å². The van der Waals surface area contributed by atoms with Crippen LogP contribution in [0.2, 0.25) is 0 Å². The molecular formula is C24H29NO6. The number of ketones is 1. The molecule has 0 bridgehead atoms. The number of ether oxygens (including phenoxy) is 3. The van der Waals surface area contributed by atoms with Crippen molar-refractivity contribution in [2.45, 2.75) is 40.0 Å². The van der Waals surface area contributed by atoms with E-state index in [-0.39, 0.29) is 18.3 Å². The first-order valence-corrected chi connectivity index (χ1v) is 10.6. The number of allylic oxidation sites excluding steroid dienone is 3. The number of carbonyl (C=O) groups excluding carboxylic acids is 3. The van der Waals surface area contributed by atoms with Crippen LogP contribution in [0.15, 0.2) is 46.8 Å². The van der Waals surface area contributed by atoms with Gasteiger partial charge in [0.25, 0.3) is 0 Å². The minimum atomic E-state index is -0.912. The summed E-state index contributed by atoms with van der Waals surface area (Å²) in [5, 5.41) is 3.24. The Balaban J connectivity index is 2.19. The normalized spacial score (nSPS) is 23.1. The highest BCUT2D eigenvalue weighted by molar-refractivity contribution is 6.12. The predicted octanol–water partition coefficient (Wildman–Crippen LogP) is 3.26. The first-order chi connectivity index (χ1) is 14.8. The number of hydrogen-bond acceptors (Lipinski definition) is 7. The van der Waals surface area contributed by atoms with E-state index in [9.17, 15) is 14.4 Å². The smallest absolute Gasteiger partial charge is 0.336 e. The van der Waals surface area contributed by atoms with E-state index in [1.165, 1.54) is 7.11 Å². The minimum Gasteiger partial charge on any atom is -0.494 e. The maximum atomic E-state index is 13.6. The molecule has 0 radical (unpaired) electrons. The quantitative estimate of drug-likeness (QED) is 0.550. The van der Waals surface area contributed by atoms with E-state index in [4.69, 9.17) is 14.2 Å². The second-order valence-corrected chi connectivity index (χ2v) is 7.76. The number of nitrogens with one attached hydrogen (secondary N) is 1. The third-order valence-electron chi connectivity index (χ3n) is 5.74. The number of Topliss-reactive ketones (excluding diaryl/α,β-unsaturated/α-hetero) is 1. The monoisotopic (exact) mass is 427 g/mol. The summed E-state index contributed by atoms with van der Waals surface area (Å²) in [6, 6.07) is 7.34. The first-order valence-electron chi connectivity index (χ1n) is 10.6. The fourth-order valence-corrected chi connectivity index (χ4v) is 4.44. The van der Waals surface area contributed by atoms with Gasteiger partial charge in [0.2, 0.25) is 0 Å². The summed E-state index contributed by atoms with van der Waals surface area (Å²) in [6.45, 7) is 7.98. The number of esters is 2. The number of carbonyl (C=O) groups is 3. The fraction of sp³-hybridized carbons (Fsp3) is 0.458. The van der Waals surface area contributed by atoms with Crippen molar-refractivity contribution in [1.29, 1.82) is 0 Å². The van der Waals surface area contributed by atoms with Gasteiger partial charge in [-0.25, -0.2) is 4.79 Å². The van der Waals surface area contributed by atoms with Gasteiger partial charge in [0.1, 0.15) is 11.7 Å². The van der Waals surface area contributed by atoms with Crippen LogP contribution in [0.3, 0.4) is 0 Å². The molecule has 0 unspecified atom stereocenters. The highest BCUT2D eigenvalue weighted by atomic mass is 16.5. The average molecular weight is 427 g/mol. The van der Waals surface area contributed by atoms with Gasteiger partial charge in [-0.1, -0.05) is 19.1 Å². The van der Waals surface area contributed by atoms with Gasteiger partial charge in [0.15, 0.2) is 5.78 Å². The van der Waals surface area contributed by atoms with E-state index < -0.39 is 23.8 Å². The maximum absolute atomic E-state index is 13.6. The van der Waals surface area contributed by atoms with Crippen molar-refractivity contribution in [3.05, 3.63) is 52.4 Å². The van der Waals surface area contributed by atoms with Gasteiger partial charge in [-0.05, 0) is 50.8 Å². The van der Waals surface area contributed by atoms with Crippen molar-refractivity contribution in [1.82, 2.24) is 5.32 Å². The highest BCUT2D eigenvalue weighted by Gasteiger charge is 2.47. The molecule has 7 nitrogen and oxygen atoms in total. The summed E-state index contributed by atoms with van der Waals surface area (Å²) in [6.07, 6.45) is 0.496. The van der Waals surface area contributed by atoms with Crippen LogP contribution in [0.1, 0.15) is 45.6 Å². The van der Waals surface area contributed by atoms with Crippen molar-refractivity contribution < 1.29 is 28.6 Å². The Hall–Kier alpha value is -3.09. The fourth-order valence-electron chi connectivity index (χ4n) is 4.44. The lowest BCUT2D eigenvalue weighted by Crippen LogP contribution is -2.43. The van der Waals surface area contributed by atoms with E-state index in [1.54, 1.807) is 13.8 Å².